The van der Waals surface area contributed by atoms with Gasteiger partial charge in [0.05, 0.1) is 134 Å². The predicted molar refractivity (Wildman–Crippen MR) is 254 cm³/mol. The maximum absolute atomic E-state index is 16.4. The molecular weight excluding hydrogens is 872 g/mol. The number of rotatable bonds is 37. The van der Waals surface area contributed by atoms with Crippen LogP contribution in [0.2, 0.25) is 0 Å². The number of hydrogen-bond acceptors (Lipinski definition) is 15. The summed E-state index contributed by atoms with van der Waals surface area (Å²) < 4.78 is 86.7. The first-order valence-corrected chi connectivity index (χ1v) is 23.1. The van der Waals surface area contributed by atoms with Crippen molar-refractivity contribution in [2.24, 2.45) is 0 Å². The highest BCUT2D eigenvalue weighted by Crippen LogP contribution is 2.58. The van der Waals surface area contributed by atoms with Crippen molar-refractivity contribution in [2.45, 2.75) is 40.3 Å². The van der Waals surface area contributed by atoms with Crippen LogP contribution >= 0.6 is 7.14 Å². The maximum Gasteiger partial charge on any atom is 0.249 e. The predicted octanol–water partition coefficient (Wildman–Crippen LogP) is 7.88. The van der Waals surface area contributed by atoms with Crippen molar-refractivity contribution in [1.82, 2.24) is 0 Å². The van der Waals surface area contributed by atoms with Crippen LogP contribution in [0.3, 0.4) is 0 Å². The Hall–Kier alpha value is -4.93. The summed E-state index contributed by atoms with van der Waals surface area (Å²) in [5.74, 6) is 0.0250. The van der Waals surface area contributed by atoms with E-state index in [9.17, 15) is 0 Å². The van der Waals surface area contributed by atoms with Crippen LogP contribution in [0.25, 0.3) is 0 Å². The van der Waals surface area contributed by atoms with E-state index in [-0.39, 0.29) is 119 Å². The fraction of sp³-hybridized carbons (Fsp3) is 0.440. The molecule has 0 unspecified atom stereocenters. The topological polar surface area (TPSA) is 162 Å². The van der Waals surface area contributed by atoms with Crippen molar-refractivity contribution in [1.29, 1.82) is 0 Å². The van der Waals surface area contributed by atoms with E-state index >= 15 is 14.2 Å². The van der Waals surface area contributed by atoms with E-state index < -0.39 is 18.2 Å². The zero-order valence-electron chi connectivity index (χ0n) is 39.4. The largest absolute Gasteiger partial charge is 0.495 e. The third-order valence-corrected chi connectivity index (χ3v) is 12.8. The highest BCUT2D eigenvalue weighted by Gasteiger charge is 2.49. The monoisotopic (exact) mass is 938 g/mol. The smallest absolute Gasteiger partial charge is 0.249 e. The van der Waals surface area contributed by atoms with Gasteiger partial charge in [-0.1, -0.05) is 54.6 Å². The fourth-order valence-corrected chi connectivity index (χ4v) is 9.24. The number of ether oxygens (including phenoxy) is 12. The van der Waals surface area contributed by atoms with Gasteiger partial charge in [-0.2, -0.15) is 0 Å². The van der Waals surface area contributed by atoms with Gasteiger partial charge in [0.25, 0.3) is 0 Å². The van der Waals surface area contributed by atoms with Gasteiger partial charge in [-0.15, -0.1) is 26.3 Å². The minimum absolute atomic E-state index is 0.00624. The molecule has 0 bridgehead atoms. The standard InChI is InChI=1S/C50H67O15P/c1-11-20-58-24-28-62-32-39-36(5)40(33-63-29-25-59-21-12-2)46(55-8)43(45(39)54-7)49(51)66(53,38-18-16-15-17-19-38)50(52)44-47(56-9)41(34-64-30-26-60-22-13-3)37(6)42(48(44)57-10)35-65-31-27-61-23-14-4/h11-19H,1-4,20-35H2,5-10H3. The van der Waals surface area contributed by atoms with Crippen LogP contribution < -0.4 is 24.3 Å². The zero-order valence-corrected chi connectivity index (χ0v) is 40.3. The van der Waals surface area contributed by atoms with Crippen molar-refractivity contribution >= 4 is 23.5 Å². The van der Waals surface area contributed by atoms with Crippen molar-refractivity contribution < 1.29 is 71.0 Å². The molecule has 0 saturated carbocycles. The molecule has 3 aromatic carbocycles. The summed E-state index contributed by atoms with van der Waals surface area (Å²) in [5, 5.41) is -0.0574. The lowest BCUT2D eigenvalue weighted by Crippen LogP contribution is -2.24. The van der Waals surface area contributed by atoms with Crippen LogP contribution in [0.1, 0.15) is 54.1 Å². The van der Waals surface area contributed by atoms with Gasteiger partial charge in [-0.3, -0.25) is 9.59 Å². The lowest BCUT2D eigenvalue weighted by atomic mass is 9.96. The Morgan fingerprint density at radius 3 is 0.955 bits per heavy atom. The van der Waals surface area contributed by atoms with Crippen molar-refractivity contribution in [3.05, 3.63) is 125 Å². The summed E-state index contributed by atoms with van der Waals surface area (Å²) in [6.45, 7) is 21.3. The molecule has 0 spiro atoms. The Balaban J connectivity index is 2.40. The third kappa shape index (κ3) is 14.5. The Morgan fingerprint density at radius 1 is 0.455 bits per heavy atom. The van der Waals surface area contributed by atoms with Crippen LogP contribution in [0.15, 0.2) is 81.0 Å². The fourth-order valence-electron chi connectivity index (χ4n) is 6.95. The van der Waals surface area contributed by atoms with E-state index in [0.717, 1.165) is 0 Å². The number of carbonyl (C=O) groups is 2. The van der Waals surface area contributed by atoms with Gasteiger partial charge < -0.3 is 61.4 Å². The quantitative estimate of drug-likeness (QED) is 0.0312. The van der Waals surface area contributed by atoms with Gasteiger partial charge >= 0.3 is 0 Å². The Kier molecular flexibility index (Phi) is 25.5. The molecule has 3 aromatic rings. The molecule has 0 aliphatic rings. The molecule has 15 nitrogen and oxygen atoms in total. The van der Waals surface area contributed by atoms with E-state index in [1.165, 1.54) is 40.6 Å². The molecule has 0 aliphatic heterocycles. The Labute approximate surface area is 389 Å². The zero-order chi connectivity index (χ0) is 48.3. The SMILES string of the molecule is C=CCOCCOCc1c(C)c(COCCOCC=C)c(OC)c(C(=O)P(=O)(C(=O)c2c(OC)c(COCCOCC=C)c(C)c(COCCOCC=C)c2OC)c2ccccc2)c1OC. The molecule has 0 saturated heterocycles. The van der Waals surface area contributed by atoms with Gasteiger partial charge in [0.1, 0.15) is 34.1 Å². The first kappa shape index (κ1) is 55.4. The van der Waals surface area contributed by atoms with Crippen LogP contribution in [0, 0.1) is 13.8 Å². The molecule has 362 valence electrons. The second-order valence-electron chi connectivity index (χ2n) is 14.3. The molecule has 16 heteroatoms. The van der Waals surface area contributed by atoms with Crippen LogP contribution in [-0.4, -0.2) is 119 Å². The lowest BCUT2D eigenvalue weighted by Gasteiger charge is -2.27. The number of carbonyl (C=O) groups excluding carboxylic acids is 2. The van der Waals surface area contributed by atoms with Gasteiger partial charge in [-0.25, -0.2) is 0 Å². The van der Waals surface area contributed by atoms with Crippen molar-refractivity contribution in [3.8, 4) is 23.0 Å². The molecule has 0 aliphatic carbocycles. The highest BCUT2D eigenvalue weighted by molar-refractivity contribution is 8.01. The molecule has 0 amide bonds. The Morgan fingerprint density at radius 2 is 0.712 bits per heavy atom. The second kappa shape index (κ2) is 30.4. The Bertz CT molecular complexity index is 1880. The summed E-state index contributed by atoms with van der Waals surface area (Å²) >= 11 is 0. The van der Waals surface area contributed by atoms with Gasteiger partial charge in [0.2, 0.25) is 18.2 Å². The van der Waals surface area contributed by atoms with Crippen molar-refractivity contribution in [3.63, 3.8) is 0 Å². The maximum atomic E-state index is 16.4. The first-order valence-electron chi connectivity index (χ1n) is 21.4. The molecule has 66 heavy (non-hydrogen) atoms. The van der Waals surface area contributed by atoms with Crippen LogP contribution in [0.5, 0.6) is 23.0 Å². The second-order valence-corrected chi connectivity index (χ2v) is 16.8. The molecule has 0 fully saturated rings. The third-order valence-electron chi connectivity index (χ3n) is 10.2. The summed E-state index contributed by atoms with van der Waals surface area (Å²) in [6, 6.07) is 7.82. The van der Waals surface area contributed by atoms with Gasteiger partial charge in [-0.05, 0) is 25.0 Å². The molecule has 0 atom stereocenters. The van der Waals surface area contributed by atoms with Gasteiger partial charge in [0, 0.05) is 27.6 Å². The molecule has 0 radical (unpaired) electrons. The lowest BCUT2D eigenvalue weighted by molar-refractivity contribution is 0.0470. The van der Waals surface area contributed by atoms with Crippen LogP contribution in [0.4, 0.5) is 0 Å². The van der Waals surface area contributed by atoms with Gasteiger partial charge in [0.15, 0.2) is 0 Å². The normalized spacial score (nSPS) is 11.2. The molecular formula is C50H67O15P. The minimum Gasteiger partial charge on any atom is -0.495 e. The number of hydrogen-bond donors (Lipinski definition) is 0. The average molecular weight is 939 g/mol. The van der Waals surface area contributed by atoms with E-state index in [1.807, 2.05) is 13.8 Å². The first-order chi connectivity index (χ1) is 32.1. The van der Waals surface area contributed by atoms with E-state index in [0.29, 0.717) is 59.8 Å². The minimum atomic E-state index is -5.02. The highest BCUT2D eigenvalue weighted by atomic mass is 31.2. The van der Waals surface area contributed by atoms with E-state index in [1.54, 1.807) is 42.5 Å². The van der Waals surface area contributed by atoms with E-state index in [4.69, 9.17) is 56.8 Å². The van der Waals surface area contributed by atoms with Crippen molar-refractivity contribution in [2.75, 3.05) is 108 Å². The summed E-state index contributed by atoms with van der Waals surface area (Å²) in [5.41, 5.74) is 0.387. The summed E-state index contributed by atoms with van der Waals surface area (Å²) in [7, 11) is 0.475. The molecule has 0 N–H and O–H groups in total. The average Bonchev–Trinajstić information content (AvgIpc) is 3.33. The molecule has 0 aromatic heterocycles. The number of methoxy groups -OCH3 is 4. The molecule has 0 heterocycles. The van der Waals surface area contributed by atoms with Crippen LogP contribution in [-0.2, 0) is 68.9 Å². The van der Waals surface area contributed by atoms with E-state index in [2.05, 4.69) is 26.3 Å². The summed E-state index contributed by atoms with van der Waals surface area (Å²) in [4.78, 5) is 31.7. The number of benzene rings is 3. The molecule has 3 rings (SSSR count). The summed E-state index contributed by atoms with van der Waals surface area (Å²) in [6.07, 6.45) is 6.52.